The SMILES string of the molecule is CC(C)Cn1ccnc1CNS(=O)(=O)N(C)C. The van der Waals surface area contributed by atoms with Crippen molar-refractivity contribution < 1.29 is 8.42 Å². The maximum Gasteiger partial charge on any atom is 0.279 e. The van der Waals surface area contributed by atoms with Crippen LogP contribution < -0.4 is 4.72 Å². The van der Waals surface area contributed by atoms with E-state index >= 15 is 0 Å². The Morgan fingerprint density at radius 1 is 1.47 bits per heavy atom. The molecule has 17 heavy (non-hydrogen) atoms. The molecule has 0 aromatic carbocycles. The molecule has 0 aliphatic rings. The first-order valence-electron chi connectivity index (χ1n) is 5.50. The predicted molar refractivity (Wildman–Crippen MR) is 66.5 cm³/mol. The number of aromatic nitrogens is 2. The van der Waals surface area contributed by atoms with Gasteiger partial charge in [-0.25, -0.2) is 4.98 Å². The molecule has 1 heterocycles. The number of hydrogen-bond acceptors (Lipinski definition) is 3. The smallest absolute Gasteiger partial charge is 0.279 e. The van der Waals surface area contributed by atoms with Gasteiger partial charge in [0.2, 0.25) is 0 Å². The van der Waals surface area contributed by atoms with Crippen molar-refractivity contribution in [3.8, 4) is 0 Å². The van der Waals surface area contributed by atoms with Crippen LogP contribution in [0.15, 0.2) is 12.4 Å². The molecule has 0 saturated carbocycles. The van der Waals surface area contributed by atoms with E-state index in [2.05, 4.69) is 23.6 Å². The third kappa shape index (κ3) is 4.10. The molecule has 0 amide bonds. The Kier molecular flexibility index (Phi) is 4.67. The minimum atomic E-state index is -3.39. The van der Waals surface area contributed by atoms with Crippen molar-refractivity contribution >= 4 is 10.2 Å². The Labute approximate surface area is 103 Å². The van der Waals surface area contributed by atoms with Gasteiger partial charge >= 0.3 is 0 Å². The lowest BCUT2D eigenvalue weighted by atomic mass is 10.2. The molecule has 1 rings (SSSR count). The minimum absolute atomic E-state index is 0.209. The van der Waals surface area contributed by atoms with Crippen molar-refractivity contribution in [3.05, 3.63) is 18.2 Å². The summed E-state index contributed by atoms with van der Waals surface area (Å²) < 4.78 is 28.7. The van der Waals surface area contributed by atoms with Crippen LogP contribution in [0.2, 0.25) is 0 Å². The van der Waals surface area contributed by atoms with E-state index < -0.39 is 10.2 Å². The molecule has 1 aromatic rings. The topological polar surface area (TPSA) is 67.2 Å². The summed E-state index contributed by atoms with van der Waals surface area (Å²) in [6.45, 7) is 5.25. The van der Waals surface area contributed by atoms with E-state index in [1.807, 2.05) is 10.8 Å². The van der Waals surface area contributed by atoms with E-state index in [-0.39, 0.29) is 6.54 Å². The summed E-state index contributed by atoms with van der Waals surface area (Å²) in [6, 6.07) is 0. The summed E-state index contributed by atoms with van der Waals surface area (Å²) in [5.41, 5.74) is 0. The van der Waals surface area contributed by atoms with Gasteiger partial charge in [0.15, 0.2) is 0 Å². The predicted octanol–water partition coefficient (Wildman–Crippen LogP) is 0.435. The van der Waals surface area contributed by atoms with Gasteiger partial charge in [-0.3, -0.25) is 0 Å². The van der Waals surface area contributed by atoms with Crippen LogP contribution in [0.4, 0.5) is 0 Å². The molecule has 0 bridgehead atoms. The molecule has 0 spiro atoms. The minimum Gasteiger partial charge on any atom is -0.334 e. The summed E-state index contributed by atoms with van der Waals surface area (Å²) in [6.07, 6.45) is 3.54. The van der Waals surface area contributed by atoms with Gasteiger partial charge in [-0.1, -0.05) is 13.8 Å². The van der Waals surface area contributed by atoms with Crippen LogP contribution in [-0.4, -0.2) is 36.4 Å². The van der Waals surface area contributed by atoms with Gasteiger partial charge in [-0.15, -0.1) is 0 Å². The highest BCUT2D eigenvalue weighted by atomic mass is 32.2. The van der Waals surface area contributed by atoms with E-state index in [9.17, 15) is 8.42 Å². The molecule has 0 aliphatic carbocycles. The van der Waals surface area contributed by atoms with Crippen LogP contribution in [0.25, 0.3) is 0 Å². The van der Waals surface area contributed by atoms with Crippen molar-refractivity contribution in [2.24, 2.45) is 5.92 Å². The second kappa shape index (κ2) is 5.61. The second-order valence-electron chi connectivity index (χ2n) is 4.50. The highest BCUT2D eigenvalue weighted by Gasteiger charge is 2.14. The van der Waals surface area contributed by atoms with Crippen molar-refractivity contribution in [2.75, 3.05) is 14.1 Å². The van der Waals surface area contributed by atoms with E-state index in [1.54, 1.807) is 6.20 Å². The fourth-order valence-corrected chi connectivity index (χ4v) is 1.92. The Morgan fingerprint density at radius 3 is 2.65 bits per heavy atom. The van der Waals surface area contributed by atoms with Gasteiger partial charge in [0.25, 0.3) is 10.2 Å². The number of nitrogens with one attached hydrogen (secondary N) is 1. The zero-order valence-corrected chi connectivity index (χ0v) is 11.5. The molecule has 1 N–H and O–H groups in total. The Morgan fingerprint density at radius 2 is 2.12 bits per heavy atom. The molecule has 0 saturated heterocycles. The highest BCUT2D eigenvalue weighted by molar-refractivity contribution is 7.87. The lowest BCUT2D eigenvalue weighted by Crippen LogP contribution is -2.35. The number of imidazole rings is 1. The zero-order chi connectivity index (χ0) is 13.1. The summed E-state index contributed by atoms with van der Waals surface area (Å²) in [5, 5.41) is 0. The van der Waals surface area contributed by atoms with Crippen LogP contribution in [0.1, 0.15) is 19.7 Å². The van der Waals surface area contributed by atoms with Gasteiger partial charge < -0.3 is 4.57 Å². The number of hydrogen-bond donors (Lipinski definition) is 1. The third-order valence-corrected chi connectivity index (χ3v) is 3.73. The molecule has 1 aromatic heterocycles. The van der Waals surface area contributed by atoms with Gasteiger partial charge in [-0.2, -0.15) is 17.4 Å². The summed E-state index contributed by atoms with van der Waals surface area (Å²) >= 11 is 0. The monoisotopic (exact) mass is 260 g/mol. The first-order chi connectivity index (χ1) is 7.83. The molecule has 0 aliphatic heterocycles. The maximum atomic E-state index is 11.5. The van der Waals surface area contributed by atoms with E-state index in [1.165, 1.54) is 14.1 Å². The van der Waals surface area contributed by atoms with E-state index in [0.29, 0.717) is 5.92 Å². The molecular formula is C10H20N4O2S. The number of nitrogens with zero attached hydrogens (tertiary/aromatic N) is 3. The molecule has 0 atom stereocenters. The number of rotatable bonds is 6. The highest BCUT2D eigenvalue weighted by Crippen LogP contribution is 2.04. The van der Waals surface area contributed by atoms with Gasteiger partial charge in [-0.05, 0) is 5.92 Å². The summed E-state index contributed by atoms with van der Waals surface area (Å²) in [4.78, 5) is 4.15. The molecular weight excluding hydrogens is 240 g/mol. The van der Waals surface area contributed by atoms with E-state index in [4.69, 9.17) is 0 Å². The van der Waals surface area contributed by atoms with Crippen molar-refractivity contribution in [2.45, 2.75) is 26.9 Å². The lowest BCUT2D eigenvalue weighted by molar-refractivity contribution is 0.488. The molecule has 7 heteroatoms. The van der Waals surface area contributed by atoms with Gasteiger partial charge in [0.05, 0.1) is 6.54 Å². The van der Waals surface area contributed by atoms with Gasteiger partial charge in [0.1, 0.15) is 5.82 Å². The summed E-state index contributed by atoms with van der Waals surface area (Å²) in [5.74, 6) is 1.22. The average Bonchev–Trinajstić information content (AvgIpc) is 2.61. The third-order valence-electron chi connectivity index (χ3n) is 2.26. The first kappa shape index (κ1) is 14.1. The average molecular weight is 260 g/mol. The van der Waals surface area contributed by atoms with Crippen LogP contribution in [0.3, 0.4) is 0 Å². The van der Waals surface area contributed by atoms with E-state index in [0.717, 1.165) is 16.7 Å². The first-order valence-corrected chi connectivity index (χ1v) is 6.94. The lowest BCUT2D eigenvalue weighted by Gasteiger charge is -2.14. The van der Waals surface area contributed by atoms with Gasteiger partial charge in [0, 0.05) is 33.0 Å². The second-order valence-corrected chi connectivity index (χ2v) is 6.47. The Balaban J connectivity index is 2.67. The van der Waals surface area contributed by atoms with Crippen LogP contribution in [-0.2, 0) is 23.3 Å². The standard InChI is InChI=1S/C10H20N4O2S/c1-9(2)8-14-6-5-11-10(14)7-12-17(15,16)13(3)4/h5-6,9,12H,7-8H2,1-4H3. The van der Waals surface area contributed by atoms with Crippen LogP contribution >= 0.6 is 0 Å². The summed E-state index contributed by atoms with van der Waals surface area (Å²) in [7, 11) is -0.411. The Bertz CT molecular complexity index is 451. The van der Waals surface area contributed by atoms with Crippen molar-refractivity contribution in [3.63, 3.8) is 0 Å². The van der Waals surface area contributed by atoms with Crippen molar-refractivity contribution in [1.29, 1.82) is 0 Å². The fourth-order valence-electron chi connectivity index (χ4n) is 1.35. The maximum absolute atomic E-state index is 11.5. The molecule has 6 nitrogen and oxygen atoms in total. The molecule has 0 unspecified atom stereocenters. The fraction of sp³-hybridized carbons (Fsp3) is 0.700. The Hall–Kier alpha value is -0.920. The zero-order valence-electron chi connectivity index (χ0n) is 10.7. The van der Waals surface area contributed by atoms with Crippen molar-refractivity contribution in [1.82, 2.24) is 18.6 Å². The van der Waals surface area contributed by atoms with Crippen LogP contribution in [0.5, 0.6) is 0 Å². The molecule has 0 fully saturated rings. The quantitative estimate of drug-likeness (QED) is 0.807. The normalized spacial score (nSPS) is 12.6. The largest absolute Gasteiger partial charge is 0.334 e. The molecule has 98 valence electrons. The molecule has 0 radical (unpaired) electrons. The van der Waals surface area contributed by atoms with Crippen LogP contribution in [0, 0.1) is 5.92 Å².